The van der Waals surface area contributed by atoms with Gasteiger partial charge in [-0.15, -0.1) is 0 Å². The quantitative estimate of drug-likeness (QED) is 0.448. The lowest BCUT2D eigenvalue weighted by Gasteiger charge is -2.08. The van der Waals surface area contributed by atoms with E-state index >= 15 is 0 Å². The van der Waals surface area contributed by atoms with E-state index in [2.05, 4.69) is 0 Å². The smallest absolute Gasteiger partial charge is 0.261 e. The van der Waals surface area contributed by atoms with Crippen LogP contribution < -0.4 is 0 Å². The number of ether oxygens (including phenoxy) is 1. The van der Waals surface area contributed by atoms with Gasteiger partial charge in [0.2, 0.25) is 0 Å². The standard InChI is InChI=1S/C5H12O3.2CH4O3S/c1-8-5(4-7)2-3-6;2*1-5(2,3)4/h5-7H,2-4H2,1H3;2*1H3,(H,2,3,4). The summed E-state index contributed by atoms with van der Waals surface area (Å²) in [6.07, 6.45) is 1.74. The van der Waals surface area contributed by atoms with Crippen LogP contribution in [0.15, 0.2) is 0 Å². The third-order valence-corrected chi connectivity index (χ3v) is 0.988. The first kappa shape index (κ1) is 22.8. The molecule has 0 fully saturated rings. The summed E-state index contributed by atoms with van der Waals surface area (Å²) in [4.78, 5) is 0. The van der Waals surface area contributed by atoms with E-state index in [4.69, 9.17) is 24.1 Å². The summed E-state index contributed by atoms with van der Waals surface area (Å²) in [6.45, 7) is 0.0517. The Hall–Kier alpha value is -0.300. The van der Waals surface area contributed by atoms with Gasteiger partial charge in [0.1, 0.15) is 0 Å². The van der Waals surface area contributed by atoms with Crippen molar-refractivity contribution < 1.29 is 40.9 Å². The molecule has 114 valence electrons. The van der Waals surface area contributed by atoms with Crippen LogP contribution in [0.25, 0.3) is 0 Å². The lowest BCUT2D eigenvalue weighted by atomic mass is 10.3. The van der Waals surface area contributed by atoms with Gasteiger partial charge in [0.05, 0.1) is 25.2 Å². The molecule has 0 aromatic carbocycles. The molecule has 1 atom stereocenters. The van der Waals surface area contributed by atoms with E-state index in [0.717, 1.165) is 0 Å². The van der Waals surface area contributed by atoms with E-state index in [1.165, 1.54) is 7.11 Å². The van der Waals surface area contributed by atoms with Crippen LogP contribution in [0.4, 0.5) is 0 Å². The average Bonchev–Trinajstić information content (AvgIpc) is 2.08. The zero-order valence-electron chi connectivity index (χ0n) is 10.3. The molecular weight excluding hydrogens is 292 g/mol. The van der Waals surface area contributed by atoms with Crippen molar-refractivity contribution in [3.63, 3.8) is 0 Å². The predicted octanol–water partition coefficient (Wildman–Crippen LogP) is -1.62. The molecule has 0 spiro atoms. The molecular formula is C7H20O9S2. The SMILES string of the molecule is COC(CO)CCO.CS(=O)(=O)O.CS(=O)(=O)O. The molecule has 0 rings (SSSR count). The third-order valence-electron chi connectivity index (χ3n) is 0.988. The van der Waals surface area contributed by atoms with E-state index in [-0.39, 0.29) is 19.3 Å². The first-order valence-electron chi connectivity index (χ1n) is 4.44. The topological polar surface area (TPSA) is 158 Å². The van der Waals surface area contributed by atoms with Crippen molar-refractivity contribution in [1.29, 1.82) is 0 Å². The van der Waals surface area contributed by atoms with Crippen LogP contribution in [0.3, 0.4) is 0 Å². The Labute approximate surface area is 107 Å². The molecule has 18 heavy (non-hydrogen) atoms. The summed E-state index contributed by atoms with van der Waals surface area (Å²) in [5.74, 6) is 0. The van der Waals surface area contributed by atoms with E-state index in [9.17, 15) is 16.8 Å². The van der Waals surface area contributed by atoms with Gasteiger partial charge in [0.15, 0.2) is 0 Å². The molecule has 4 N–H and O–H groups in total. The Morgan fingerprint density at radius 2 is 1.28 bits per heavy atom. The maximum atomic E-state index is 9.19. The second kappa shape index (κ2) is 11.8. The van der Waals surface area contributed by atoms with Gasteiger partial charge >= 0.3 is 0 Å². The number of hydrogen-bond donors (Lipinski definition) is 4. The lowest BCUT2D eigenvalue weighted by molar-refractivity contribution is 0.0316. The molecule has 0 bridgehead atoms. The van der Waals surface area contributed by atoms with Gasteiger partial charge in [0, 0.05) is 13.7 Å². The van der Waals surface area contributed by atoms with Gasteiger partial charge in [-0.1, -0.05) is 0 Å². The highest BCUT2D eigenvalue weighted by Crippen LogP contribution is 1.92. The number of aliphatic hydroxyl groups is 2. The molecule has 0 saturated heterocycles. The molecule has 11 heteroatoms. The fourth-order valence-electron chi connectivity index (χ4n) is 0.428. The van der Waals surface area contributed by atoms with Crippen LogP contribution >= 0.6 is 0 Å². The van der Waals surface area contributed by atoms with Crippen molar-refractivity contribution >= 4 is 20.2 Å². The molecule has 0 aromatic heterocycles. The van der Waals surface area contributed by atoms with Gasteiger partial charge in [-0.3, -0.25) is 9.11 Å². The lowest BCUT2D eigenvalue weighted by Crippen LogP contribution is -2.16. The van der Waals surface area contributed by atoms with Crippen LogP contribution in [0.5, 0.6) is 0 Å². The summed E-state index contributed by atoms with van der Waals surface area (Å²) in [5, 5.41) is 16.7. The van der Waals surface area contributed by atoms with Crippen molar-refractivity contribution in [2.45, 2.75) is 12.5 Å². The summed E-state index contributed by atoms with van der Waals surface area (Å²) in [7, 11) is -5.82. The predicted molar refractivity (Wildman–Crippen MR) is 64.5 cm³/mol. The first-order chi connectivity index (χ1) is 7.85. The molecule has 0 aromatic rings. The van der Waals surface area contributed by atoms with Crippen LogP contribution in [0, 0.1) is 0 Å². The molecule has 1 unspecified atom stereocenters. The van der Waals surface area contributed by atoms with E-state index in [1.807, 2.05) is 0 Å². The summed E-state index contributed by atoms with van der Waals surface area (Å²) in [5.41, 5.74) is 0. The van der Waals surface area contributed by atoms with Gasteiger partial charge in [-0.05, 0) is 6.42 Å². The third kappa shape index (κ3) is 75.6. The second-order valence-electron chi connectivity index (χ2n) is 3.02. The normalized spacial score (nSPS) is 12.6. The van der Waals surface area contributed by atoms with Crippen molar-refractivity contribution in [3.05, 3.63) is 0 Å². The highest BCUT2D eigenvalue weighted by atomic mass is 32.2. The number of methoxy groups -OCH3 is 1. The molecule has 0 aliphatic carbocycles. The highest BCUT2D eigenvalue weighted by molar-refractivity contribution is 7.85. The Morgan fingerprint density at radius 1 is 1.00 bits per heavy atom. The highest BCUT2D eigenvalue weighted by Gasteiger charge is 2.01. The summed E-state index contributed by atoms with van der Waals surface area (Å²) in [6, 6.07) is 0. The Bertz CT molecular complexity index is 308. The molecule has 0 amide bonds. The number of hydrogen-bond acceptors (Lipinski definition) is 7. The summed E-state index contributed by atoms with van der Waals surface area (Å²) >= 11 is 0. The van der Waals surface area contributed by atoms with Crippen LogP contribution in [-0.4, -0.2) is 75.1 Å². The number of rotatable bonds is 4. The summed E-state index contributed by atoms with van der Waals surface area (Å²) < 4.78 is 56.5. The maximum absolute atomic E-state index is 9.19. The Morgan fingerprint density at radius 3 is 1.33 bits per heavy atom. The monoisotopic (exact) mass is 312 g/mol. The zero-order valence-corrected chi connectivity index (χ0v) is 12.0. The van der Waals surface area contributed by atoms with Crippen molar-refractivity contribution in [3.8, 4) is 0 Å². The van der Waals surface area contributed by atoms with Crippen LogP contribution in [0.1, 0.15) is 6.42 Å². The Kier molecular flexibility index (Phi) is 14.9. The minimum absolute atomic E-state index is 0.0168. The molecule has 0 aliphatic rings. The van der Waals surface area contributed by atoms with Gasteiger partial charge in [0.25, 0.3) is 20.2 Å². The van der Waals surface area contributed by atoms with Gasteiger partial charge < -0.3 is 14.9 Å². The van der Waals surface area contributed by atoms with Crippen molar-refractivity contribution in [2.24, 2.45) is 0 Å². The first-order valence-corrected chi connectivity index (χ1v) is 8.14. The number of aliphatic hydroxyl groups excluding tert-OH is 2. The van der Waals surface area contributed by atoms with Gasteiger partial charge in [-0.25, -0.2) is 0 Å². The van der Waals surface area contributed by atoms with Crippen molar-refractivity contribution in [1.82, 2.24) is 0 Å². The second-order valence-corrected chi connectivity index (χ2v) is 5.95. The van der Waals surface area contributed by atoms with E-state index < -0.39 is 20.2 Å². The molecule has 9 nitrogen and oxygen atoms in total. The molecule has 0 heterocycles. The fraction of sp³-hybridized carbons (Fsp3) is 1.00. The zero-order chi connectivity index (χ0) is 15.4. The van der Waals surface area contributed by atoms with Crippen molar-refractivity contribution in [2.75, 3.05) is 32.8 Å². The van der Waals surface area contributed by atoms with E-state index in [1.54, 1.807) is 0 Å². The Balaban J connectivity index is -0.000000197. The maximum Gasteiger partial charge on any atom is 0.261 e. The van der Waals surface area contributed by atoms with Gasteiger partial charge in [-0.2, -0.15) is 16.8 Å². The minimum atomic E-state index is -3.67. The molecule has 0 aliphatic heterocycles. The average molecular weight is 312 g/mol. The fourth-order valence-corrected chi connectivity index (χ4v) is 0.428. The van der Waals surface area contributed by atoms with E-state index in [0.29, 0.717) is 18.9 Å². The largest absolute Gasteiger partial charge is 0.396 e. The molecule has 0 radical (unpaired) electrons. The molecule has 0 saturated carbocycles. The van der Waals surface area contributed by atoms with Crippen LogP contribution in [-0.2, 0) is 25.0 Å². The minimum Gasteiger partial charge on any atom is -0.396 e. The van der Waals surface area contributed by atoms with Crippen LogP contribution in [0.2, 0.25) is 0 Å².